The van der Waals surface area contributed by atoms with Crippen LogP contribution in [0, 0.1) is 5.82 Å². The summed E-state index contributed by atoms with van der Waals surface area (Å²) in [5, 5.41) is 3.20. The molecule has 0 aromatic heterocycles. The fourth-order valence-corrected chi connectivity index (χ4v) is 3.83. The molecule has 9 heteroatoms. The van der Waals surface area contributed by atoms with E-state index in [-0.39, 0.29) is 11.9 Å². The number of hydrogen-bond donors (Lipinski definition) is 1. The van der Waals surface area contributed by atoms with E-state index in [9.17, 15) is 21.6 Å². The second-order valence-electron chi connectivity index (χ2n) is 6.43. The van der Waals surface area contributed by atoms with Gasteiger partial charge >= 0.3 is 5.76 Å². The number of sulfone groups is 1. The topological polar surface area (TPSA) is 58.6 Å². The van der Waals surface area contributed by atoms with Crippen LogP contribution in [0.2, 0.25) is 0 Å². The van der Waals surface area contributed by atoms with Gasteiger partial charge in [-0.2, -0.15) is 8.78 Å². The van der Waals surface area contributed by atoms with E-state index in [4.69, 9.17) is 4.74 Å². The van der Waals surface area contributed by atoms with Gasteiger partial charge in [-0.05, 0) is 42.0 Å². The highest BCUT2D eigenvalue weighted by atomic mass is 32.2. The van der Waals surface area contributed by atoms with Crippen molar-refractivity contribution < 1.29 is 26.3 Å². The van der Waals surface area contributed by atoms with E-state index in [1.165, 1.54) is 24.3 Å². The van der Waals surface area contributed by atoms with Gasteiger partial charge in [-0.3, -0.25) is 4.90 Å². The van der Waals surface area contributed by atoms with Crippen LogP contribution in [-0.4, -0.2) is 51.9 Å². The molecule has 0 saturated carbocycles. The van der Waals surface area contributed by atoms with Gasteiger partial charge in [0.15, 0.2) is 0 Å². The van der Waals surface area contributed by atoms with Crippen LogP contribution in [0.4, 0.5) is 18.9 Å². The third-order valence-electron chi connectivity index (χ3n) is 4.66. The van der Waals surface area contributed by atoms with E-state index in [0.717, 1.165) is 30.8 Å². The summed E-state index contributed by atoms with van der Waals surface area (Å²) in [6.07, 6.45) is 0. The lowest BCUT2D eigenvalue weighted by molar-refractivity contribution is 0.0187. The molecule has 0 aliphatic carbocycles. The first-order chi connectivity index (χ1) is 13.4. The quantitative estimate of drug-likeness (QED) is 0.753. The molecule has 1 fully saturated rings. The van der Waals surface area contributed by atoms with Crippen molar-refractivity contribution in [1.29, 1.82) is 0 Å². The lowest BCUT2D eigenvalue weighted by Crippen LogP contribution is -2.41. The molecule has 0 bridgehead atoms. The molecule has 1 unspecified atom stereocenters. The average Bonchev–Trinajstić information content (AvgIpc) is 2.70. The lowest BCUT2D eigenvalue weighted by atomic mass is 10.0. The first kappa shape index (κ1) is 20.6. The molecule has 2 aromatic rings. The first-order valence-electron chi connectivity index (χ1n) is 8.81. The summed E-state index contributed by atoms with van der Waals surface area (Å²) in [6.45, 7) is 3.16. The van der Waals surface area contributed by atoms with Crippen LogP contribution >= 0.6 is 0 Å². The SMILES string of the molecule is O=S(=O)(c1ccc(NCC(c2ccc(F)cc2)N2CCOCC2)cc1)C(F)F. The fourth-order valence-electron chi connectivity index (χ4n) is 3.11. The second-order valence-corrected chi connectivity index (χ2v) is 8.34. The summed E-state index contributed by atoms with van der Waals surface area (Å²) < 4.78 is 66.9. The molecule has 1 atom stereocenters. The van der Waals surface area contributed by atoms with Gasteiger partial charge in [0, 0.05) is 25.3 Å². The van der Waals surface area contributed by atoms with Crippen molar-refractivity contribution in [2.45, 2.75) is 16.7 Å². The molecule has 1 aliphatic rings. The average molecular weight is 414 g/mol. The van der Waals surface area contributed by atoms with Crippen molar-refractivity contribution in [3.05, 3.63) is 59.9 Å². The Bertz CT molecular complexity index is 868. The number of hydrogen-bond acceptors (Lipinski definition) is 5. The number of alkyl halides is 2. The van der Waals surface area contributed by atoms with Gasteiger partial charge in [-0.1, -0.05) is 12.1 Å². The van der Waals surface area contributed by atoms with Gasteiger partial charge in [-0.15, -0.1) is 0 Å². The van der Waals surface area contributed by atoms with Crippen LogP contribution in [0.15, 0.2) is 53.4 Å². The standard InChI is InChI=1S/C19H21F3N2O3S/c20-15-3-1-14(2-4-15)18(24-9-11-27-12-10-24)13-23-16-5-7-17(8-6-16)28(25,26)19(21)22/h1-8,18-19,23H,9-13H2. The minimum absolute atomic E-state index is 0.0472. The summed E-state index contributed by atoms with van der Waals surface area (Å²) in [5.41, 5.74) is 1.54. The van der Waals surface area contributed by atoms with E-state index >= 15 is 0 Å². The third kappa shape index (κ3) is 4.84. The molecule has 0 amide bonds. The zero-order chi connectivity index (χ0) is 20.1. The van der Waals surface area contributed by atoms with Crippen molar-refractivity contribution in [3.8, 4) is 0 Å². The monoisotopic (exact) mass is 414 g/mol. The minimum atomic E-state index is -4.61. The number of morpholine rings is 1. The van der Waals surface area contributed by atoms with E-state index in [1.54, 1.807) is 12.1 Å². The van der Waals surface area contributed by atoms with E-state index < -0.39 is 20.5 Å². The fraction of sp³-hybridized carbons (Fsp3) is 0.368. The predicted molar refractivity (Wildman–Crippen MR) is 99.7 cm³/mol. The Labute approximate surface area is 162 Å². The van der Waals surface area contributed by atoms with E-state index in [1.807, 2.05) is 0 Å². The van der Waals surface area contributed by atoms with Gasteiger partial charge in [-0.25, -0.2) is 12.8 Å². The number of nitrogens with one attached hydrogen (secondary N) is 1. The van der Waals surface area contributed by atoms with E-state index in [2.05, 4.69) is 10.2 Å². The molecule has 2 aromatic carbocycles. The van der Waals surface area contributed by atoms with Crippen LogP contribution in [0.25, 0.3) is 0 Å². The molecule has 5 nitrogen and oxygen atoms in total. The summed E-state index contributed by atoms with van der Waals surface area (Å²) in [5.74, 6) is -3.76. The smallest absolute Gasteiger partial charge is 0.341 e. The van der Waals surface area contributed by atoms with Crippen molar-refractivity contribution in [3.63, 3.8) is 0 Å². The number of benzene rings is 2. The second kappa shape index (κ2) is 8.93. The van der Waals surface area contributed by atoms with Gasteiger partial charge in [0.05, 0.1) is 24.2 Å². The van der Waals surface area contributed by atoms with Gasteiger partial charge in [0.2, 0.25) is 9.84 Å². The molecule has 1 aliphatic heterocycles. The Balaban J connectivity index is 1.73. The molecule has 1 heterocycles. The van der Waals surface area contributed by atoms with Crippen molar-refractivity contribution in [2.75, 3.05) is 38.2 Å². The number of rotatable bonds is 7. The van der Waals surface area contributed by atoms with Crippen LogP contribution in [-0.2, 0) is 14.6 Å². The maximum Gasteiger partial charge on any atom is 0.341 e. The Morgan fingerprint density at radius 2 is 1.61 bits per heavy atom. The third-order valence-corrected chi connectivity index (χ3v) is 6.06. The molecule has 28 heavy (non-hydrogen) atoms. The Morgan fingerprint density at radius 3 is 2.18 bits per heavy atom. The van der Waals surface area contributed by atoms with Crippen LogP contribution in [0.5, 0.6) is 0 Å². The molecule has 0 radical (unpaired) electrons. The largest absolute Gasteiger partial charge is 0.383 e. The lowest BCUT2D eigenvalue weighted by Gasteiger charge is -2.35. The Kier molecular flexibility index (Phi) is 6.58. The first-order valence-corrected chi connectivity index (χ1v) is 10.4. The molecular weight excluding hydrogens is 393 g/mol. The highest BCUT2D eigenvalue weighted by Gasteiger charge is 2.26. The predicted octanol–water partition coefficient (Wildman–Crippen LogP) is 3.31. The zero-order valence-electron chi connectivity index (χ0n) is 15.0. The molecule has 1 saturated heterocycles. The summed E-state index contributed by atoms with van der Waals surface area (Å²) >= 11 is 0. The zero-order valence-corrected chi connectivity index (χ0v) is 15.8. The van der Waals surface area contributed by atoms with Crippen LogP contribution in [0.1, 0.15) is 11.6 Å². The minimum Gasteiger partial charge on any atom is -0.383 e. The summed E-state index contributed by atoms with van der Waals surface area (Å²) in [6, 6.07) is 11.5. The van der Waals surface area contributed by atoms with Crippen molar-refractivity contribution in [2.24, 2.45) is 0 Å². The number of nitrogens with zero attached hydrogens (tertiary/aromatic N) is 1. The number of anilines is 1. The molecule has 0 spiro atoms. The molecule has 152 valence electrons. The number of ether oxygens (including phenoxy) is 1. The van der Waals surface area contributed by atoms with Gasteiger partial charge in [0.25, 0.3) is 0 Å². The van der Waals surface area contributed by atoms with E-state index in [0.29, 0.717) is 25.4 Å². The van der Waals surface area contributed by atoms with Crippen LogP contribution < -0.4 is 5.32 Å². The highest BCUT2D eigenvalue weighted by Crippen LogP contribution is 2.24. The Morgan fingerprint density at radius 1 is 1.00 bits per heavy atom. The Hall–Kier alpha value is -2.10. The summed E-state index contributed by atoms with van der Waals surface area (Å²) in [7, 11) is -4.61. The maximum atomic E-state index is 13.3. The molecule has 1 N–H and O–H groups in total. The van der Waals surface area contributed by atoms with Crippen LogP contribution in [0.3, 0.4) is 0 Å². The number of halogens is 3. The molecule has 3 rings (SSSR count). The maximum absolute atomic E-state index is 13.3. The van der Waals surface area contributed by atoms with Crippen molar-refractivity contribution >= 4 is 15.5 Å². The van der Waals surface area contributed by atoms with Gasteiger partial charge < -0.3 is 10.1 Å². The van der Waals surface area contributed by atoms with Crippen molar-refractivity contribution in [1.82, 2.24) is 4.90 Å². The molecular formula is C19H21F3N2O3S. The normalized spacial score (nSPS) is 16.9. The summed E-state index contributed by atoms with van der Waals surface area (Å²) in [4.78, 5) is 1.80. The van der Waals surface area contributed by atoms with Gasteiger partial charge in [0.1, 0.15) is 5.82 Å². The highest BCUT2D eigenvalue weighted by molar-refractivity contribution is 7.91.